The van der Waals surface area contributed by atoms with Crippen molar-refractivity contribution in [2.45, 2.75) is 81.8 Å². The molecule has 5 fully saturated rings. The monoisotopic (exact) mass is 477 g/mol. The Bertz CT molecular complexity index is 679. The number of carbonyl (C=O) groups excluding carboxylic acids is 1. The van der Waals surface area contributed by atoms with Crippen LogP contribution in [0.2, 0.25) is 0 Å². The van der Waals surface area contributed by atoms with Crippen molar-refractivity contribution < 1.29 is 14.3 Å². The summed E-state index contributed by atoms with van der Waals surface area (Å²) < 4.78 is 11.7. The zero-order chi connectivity index (χ0) is 23.7. The summed E-state index contributed by atoms with van der Waals surface area (Å²) in [7, 11) is 6.25. The van der Waals surface area contributed by atoms with Crippen LogP contribution in [0, 0.1) is 17.8 Å². The van der Waals surface area contributed by atoms with Gasteiger partial charge in [0.2, 0.25) is 0 Å². The van der Waals surface area contributed by atoms with Crippen LogP contribution in [0.25, 0.3) is 0 Å². The Labute approximate surface area is 206 Å². The summed E-state index contributed by atoms with van der Waals surface area (Å²) in [5.74, 6) is 2.05. The van der Waals surface area contributed by atoms with E-state index >= 15 is 0 Å². The smallest absolute Gasteiger partial charge is 0.320 e. The molecule has 2 amide bonds. The van der Waals surface area contributed by atoms with Gasteiger partial charge in [-0.2, -0.15) is 0 Å². The van der Waals surface area contributed by atoms with Gasteiger partial charge in [-0.3, -0.25) is 5.32 Å². The van der Waals surface area contributed by atoms with E-state index in [4.69, 9.17) is 9.47 Å². The lowest BCUT2D eigenvalue weighted by molar-refractivity contribution is -0.0210. The van der Waals surface area contributed by atoms with Gasteiger partial charge in [-0.25, -0.2) is 4.79 Å². The zero-order valence-electron chi connectivity index (χ0n) is 21.6. The molecule has 0 bridgehead atoms. The molecule has 7 unspecified atom stereocenters. The first-order valence-corrected chi connectivity index (χ1v) is 13.9. The van der Waals surface area contributed by atoms with Gasteiger partial charge in [0.25, 0.3) is 0 Å². The normalized spacial score (nSPS) is 39.4. The molecule has 1 saturated carbocycles. The number of hydrogen-bond donors (Lipinski definition) is 2. The Hall–Kier alpha value is -0.930. The molecule has 8 nitrogen and oxygen atoms in total. The molecule has 34 heavy (non-hydrogen) atoms. The van der Waals surface area contributed by atoms with Crippen LogP contribution in [0.4, 0.5) is 4.79 Å². The van der Waals surface area contributed by atoms with Gasteiger partial charge in [-0.15, -0.1) is 0 Å². The molecule has 0 aromatic carbocycles. The summed E-state index contributed by atoms with van der Waals surface area (Å²) in [4.78, 5) is 19.9. The number of carbonyl (C=O) groups is 1. The molecule has 4 aliphatic heterocycles. The molecule has 4 heterocycles. The van der Waals surface area contributed by atoms with Crippen molar-refractivity contribution in [2.24, 2.45) is 17.8 Å². The molecule has 8 heteroatoms. The summed E-state index contributed by atoms with van der Waals surface area (Å²) in [5.41, 5.74) is 0. The fraction of sp³-hybridized carbons (Fsp3) is 0.962. The van der Waals surface area contributed by atoms with Gasteiger partial charge in [-0.05, 0) is 89.8 Å². The van der Waals surface area contributed by atoms with Gasteiger partial charge in [0.15, 0.2) is 0 Å². The number of likely N-dealkylation sites (N-methyl/N-ethyl adjacent to an activating group) is 1. The number of nitrogens with one attached hydrogen (secondary N) is 2. The summed E-state index contributed by atoms with van der Waals surface area (Å²) in [6.07, 6.45) is 9.48. The third-order valence-corrected chi connectivity index (χ3v) is 9.43. The summed E-state index contributed by atoms with van der Waals surface area (Å²) in [6.45, 7) is 5.51. The molecule has 2 N–H and O–H groups in total. The molecule has 0 aromatic rings. The maximum absolute atomic E-state index is 13.4. The Morgan fingerprint density at radius 3 is 2.56 bits per heavy atom. The van der Waals surface area contributed by atoms with Crippen LogP contribution in [0.1, 0.15) is 51.4 Å². The first-order chi connectivity index (χ1) is 16.5. The van der Waals surface area contributed by atoms with Crippen LogP contribution in [-0.2, 0) is 9.47 Å². The minimum absolute atomic E-state index is 0.223. The van der Waals surface area contributed by atoms with Crippen molar-refractivity contribution in [1.82, 2.24) is 25.3 Å². The third-order valence-electron chi connectivity index (χ3n) is 9.43. The maximum atomic E-state index is 13.4. The van der Waals surface area contributed by atoms with Gasteiger partial charge in [0, 0.05) is 52.0 Å². The van der Waals surface area contributed by atoms with Gasteiger partial charge in [0.1, 0.15) is 6.23 Å². The SMILES string of the molecule is CN(C)CCCOC1CCC(C2CCC3NCC4C(C3C2)N(C2CCOCC2)C(=O)N4C)CN1. The Morgan fingerprint density at radius 2 is 1.82 bits per heavy atom. The molecule has 4 saturated heterocycles. The molecule has 0 spiro atoms. The fourth-order valence-electron chi connectivity index (χ4n) is 7.55. The van der Waals surface area contributed by atoms with E-state index in [0.717, 1.165) is 77.0 Å². The fourth-order valence-corrected chi connectivity index (χ4v) is 7.55. The Balaban J connectivity index is 1.19. The largest absolute Gasteiger partial charge is 0.381 e. The van der Waals surface area contributed by atoms with Gasteiger partial charge < -0.3 is 29.5 Å². The highest BCUT2D eigenvalue weighted by Gasteiger charge is 2.55. The first-order valence-electron chi connectivity index (χ1n) is 13.9. The highest BCUT2D eigenvalue weighted by Crippen LogP contribution is 2.45. The lowest BCUT2D eigenvalue weighted by atomic mass is 9.66. The van der Waals surface area contributed by atoms with Crippen LogP contribution in [0.3, 0.4) is 0 Å². The molecule has 5 aliphatic rings. The van der Waals surface area contributed by atoms with Crippen LogP contribution in [-0.4, -0.2) is 112 Å². The average Bonchev–Trinajstić information content (AvgIpc) is 3.12. The molecule has 5 rings (SSSR count). The van der Waals surface area contributed by atoms with Crippen molar-refractivity contribution in [2.75, 3.05) is 60.6 Å². The molecule has 7 atom stereocenters. The van der Waals surface area contributed by atoms with Gasteiger partial charge >= 0.3 is 6.03 Å². The number of ether oxygens (including phenoxy) is 2. The summed E-state index contributed by atoms with van der Waals surface area (Å²) >= 11 is 0. The molecule has 0 aromatic heterocycles. The number of piperidine rings is 2. The van der Waals surface area contributed by atoms with Crippen molar-refractivity contribution in [1.29, 1.82) is 0 Å². The quantitative estimate of drug-likeness (QED) is 0.547. The second kappa shape index (κ2) is 11.0. The van der Waals surface area contributed by atoms with E-state index < -0.39 is 0 Å². The average molecular weight is 478 g/mol. The molecule has 1 aliphatic carbocycles. The van der Waals surface area contributed by atoms with Crippen molar-refractivity contribution in [3.63, 3.8) is 0 Å². The standard InChI is InChI=1S/C26H47N5O3/c1-29(2)11-4-12-34-24-8-6-19(16-28-24)18-5-7-22-21(15-18)25-23(17-27-22)30(3)26(32)31(25)20-9-13-33-14-10-20/h18-25,27-28H,4-17H2,1-3H3. The van der Waals surface area contributed by atoms with E-state index in [1.54, 1.807) is 0 Å². The topological polar surface area (TPSA) is 69.3 Å². The third kappa shape index (κ3) is 5.12. The molecular formula is C26H47N5O3. The number of fused-ring (bicyclic) bond motifs is 3. The van der Waals surface area contributed by atoms with E-state index in [-0.39, 0.29) is 12.3 Å². The molecular weight excluding hydrogens is 430 g/mol. The first kappa shape index (κ1) is 24.8. The van der Waals surface area contributed by atoms with Crippen molar-refractivity contribution in [3.8, 4) is 0 Å². The number of nitrogens with zero attached hydrogens (tertiary/aromatic N) is 3. The Morgan fingerprint density at radius 1 is 1.03 bits per heavy atom. The van der Waals surface area contributed by atoms with Crippen molar-refractivity contribution >= 4 is 6.03 Å². The van der Waals surface area contributed by atoms with E-state index in [1.807, 2.05) is 11.9 Å². The van der Waals surface area contributed by atoms with Crippen LogP contribution >= 0.6 is 0 Å². The van der Waals surface area contributed by atoms with Crippen LogP contribution in [0.15, 0.2) is 0 Å². The van der Waals surface area contributed by atoms with Gasteiger partial charge in [0.05, 0.1) is 12.1 Å². The number of amides is 2. The highest BCUT2D eigenvalue weighted by molar-refractivity contribution is 5.78. The predicted molar refractivity (Wildman–Crippen MR) is 133 cm³/mol. The minimum Gasteiger partial charge on any atom is -0.381 e. The van der Waals surface area contributed by atoms with E-state index in [0.29, 0.717) is 30.1 Å². The van der Waals surface area contributed by atoms with E-state index in [1.165, 1.54) is 25.7 Å². The zero-order valence-corrected chi connectivity index (χ0v) is 21.6. The Kier molecular flexibility index (Phi) is 8.00. The second-order valence-electron chi connectivity index (χ2n) is 11.7. The lowest BCUT2D eigenvalue weighted by Gasteiger charge is -2.50. The lowest BCUT2D eigenvalue weighted by Crippen LogP contribution is -2.63. The van der Waals surface area contributed by atoms with Crippen LogP contribution in [0.5, 0.6) is 0 Å². The van der Waals surface area contributed by atoms with E-state index in [9.17, 15) is 4.79 Å². The van der Waals surface area contributed by atoms with Gasteiger partial charge in [-0.1, -0.05) is 0 Å². The van der Waals surface area contributed by atoms with Crippen LogP contribution < -0.4 is 10.6 Å². The minimum atomic E-state index is 0.223. The number of hydrogen-bond acceptors (Lipinski definition) is 6. The number of rotatable bonds is 7. The highest BCUT2D eigenvalue weighted by atomic mass is 16.5. The predicted octanol–water partition coefficient (Wildman–Crippen LogP) is 1.95. The maximum Gasteiger partial charge on any atom is 0.320 e. The second-order valence-corrected chi connectivity index (χ2v) is 11.7. The summed E-state index contributed by atoms with van der Waals surface area (Å²) in [5, 5.41) is 7.56. The summed E-state index contributed by atoms with van der Waals surface area (Å²) in [6, 6.07) is 1.82. The van der Waals surface area contributed by atoms with Crippen molar-refractivity contribution in [3.05, 3.63) is 0 Å². The number of urea groups is 1. The van der Waals surface area contributed by atoms with E-state index in [2.05, 4.69) is 34.5 Å². The molecule has 194 valence electrons. The molecule has 0 radical (unpaired) electrons.